The van der Waals surface area contributed by atoms with Gasteiger partial charge in [-0.2, -0.15) is 0 Å². The zero-order chi connectivity index (χ0) is 15.4. The molecule has 2 aliphatic heterocycles. The molecular weight excluding hydrogens is 282 g/mol. The van der Waals surface area contributed by atoms with Crippen molar-refractivity contribution < 1.29 is 14.3 Å². The van der Waals surface area contributed by atoms with E-state index in [2.05, 4.69) is 16.9 Å². The summed E-state index contributed by atoms with van der Waals surface area (Å²) in [6, 6.07) is 3.60. The highest BCUT2D eigenvalue weighted by Crippen LogP contribution is 2.17. The predicted molar refractivity (Wildman–Crippen MR) is 82.1 cm³/mol. The Morgan fingerprint density at radius 3 is 2.59 bits per heavy atom. The lowest BCUT2D eigenvalue weighted by molar-refractivity contribution is 0.0302. The summed E-state index contributed by atoms with van der Waals surface area (Å²) in [5.41, 5.74) is 0.609. The molecule has 0 unspecified atom stereocenters. The van der Waals surface area contributed by atoms with Crippen LogP contribution in [0.2, 0.25) is 0 Å². The minimum Gasteiger partial charge on any atom is -0.474 e. The molecule has 0 radical (unpaired) electrons. The second-order valence-corrected chi connectivity index (χ2v) is 5.91. The Morgan fingerprint density at radius 1 is 1.23 bits per heavy atom. The van der Waals surface area contributed by atoms with E-state index >= 15 is 0 Å². The number of carbonyl (C=O) groups excluding carboxylic acids is 1. The van der Waals surface area contributed by atoms with Crippen LogP contribution >= 0.6 is 0 Å². The fourth-order valence-corrected chi connectivity index (χ4v) is 2.80. The van der Waals surface area contributed by atoms with Crippen molar-refractivity contribution in [2.24, 2.45) is 0 Å². The van der Waals surface area contributed by atoms with E-state index in [4.69, 9.17) is 9.47 Å². The van der Waals surface area contributed by atoms with Gasteiger partial charge in [-0.1, -0.05) is 0 Å². The van der Waals surface area contributed by atoms with Crippen LogP contribution < -0.4 is 4.74 Å². The van der Waals surface area contributed by atoms with E-state index in [0.29, 0.717) is 37.7 Å². The molecule has 0 aromatic carbocycles. The maximum atomic E-state index is 12.3. The first-order chi connectivity index (χ1) is 10.7. The van der Waals surface area contributed by atoms with Crippen LogP contribution in [-0.4, -0.2) is 73.2 Å². The summed E-state index contributed by atoms with van der Waals surface area (Å²) in [4.78, 5) is 20.7. The molecule has 0 spiro atoms. The molecule has 3 heterocycles. The Kier molecular flexibility index (Phi) is 4.90. The zero-order valence-electron chi connectivity index (χ0n) is 13.0. The van der Waals surface area contributed by atoms with Crippen molar-refractivity contribution in [2.75, 3.05) is 46.4 Å². The lowest BCUT2D eigenvalue weighted by Gasteiger charge is -2.29. The first kappa shape index (κ1) is 15.2. The SMILES string of the molecule is CN1CCC(Oc2ccc(C(=O)N3CCOCC3)cn2)CC1. The van der Waals surface area contributed by atoms with Gasteiger partial charge in [0.05, 0.1) is 18.8 Å². The number of morpholine rings is 1. The van der Waals surface area contributed by atoms with Crippen molar-refractivity contribution in [1.29, 1.82) is 0 Å². The first-order valence-electron chi connectivity index (χ1n) is 7.90. The molecule has 0 saturated carbocycles. The fourth-order valence-electron chi connectivity index (χ4n) is 2.80. The second kappa shape index (κ2) is 7.07. The van der Waals surface area contributed by atoms with Gasteiger partial charge in [-0.15, -0.1) is 0 Å². The molecular formula is C16H23N3O3. The third-order valence-electron chi connectivity index (χ3n) is 4.23. The summed E-state index contributed by atoms with van der Waals surface area (Å²) in [5.74, 6) is 0.620. The summed E-state index contributed by atoms with van der Waals surface area (Å²) in [7, 11) is 2.13. The Balaban J connectivity index is 1.56. The van der Waals surface area contributed by atoms with E-state index in [1.165, 1.54) is 0 Å². The molecule has 0 N–H and O–H groups in total. The van der Waals surface area contributed by atoms with Crippen LogP contribution in [0.1, 0.15) is 23.2 Å². The van der Waals surface area contributed by atoms with E-state index in [0.717, 1.165) is 25.9 Å². The smallest absolute Gasteiger partial charge is 0.255 e. The van der Waals surface area contributed by atoms with Gasteiger partial charge in [0.25, 0.3) is 5.91 Å². The number of carbonyl (C=O) groups is 1. The third kappa shape index (κ3) is 3.75. The maximum absolute atomic E-state index is 12.3. The van der Waals surface area contributed by atoms with Crippen LogP contribution in [0.3, 0.4) is 0 Å². The molecule has 2 fully saturated rings. The fraction of sp³-hybridized carbons (Fsp3) is 0.625. The highest BCUT2D eigenvalue weighted by molar-refractivity contribution is 5.94. The molecule has 0 aliphatic carbocycles. The monoisotopic (exact) mass is 305 g/mol. The summed E-state index contributed by atoms with van der Waals surface area (Å²) in [5, 5.41) is 0. The van der Waals surface area contributed by atoms with Gasteiger partial charge < -0.3 is 19.3 Å². The summed E-state index contributed by atoms with van der Waals surface area (Å²) in [6.07, 6.45) is 3.88. The van der Waals surface area contributed by atoms with E-state index in [9.17, 15) is 4.79 Å². The number of rotatable bonds is 3. The molecule has 2 saturated heterocycles. The van der Waals surface area contributed by atoms with E-state index in [1.807, 2.05) is 0 Å². The molecule has 0 atom stereocenters. The number of aromatic nitrogens is 1. The molecule has 6 heteroatoms. The van der Waals surface area contributed by atoms with Gasteiger partial charge in [-0.25, -0.2) is 4.98 Å². The van der Waals surface area contributed by atoms with Crippen molar-refractivity contribution in [2.45, 2.75) is 18.9 Å². The summed E-state index contributed by atoms with van der Waals surface area (Å²) < 4.78 is 11.2. The largest absolute Gasteiger partial charge is 0.474 e. The number of hydrogen-bond donors (Lipinski definition) is 0. The molecule has 3 rings (SSSR count). The summed E-state index contributed by atoms with van der Waals surface area (Å²) in [6.45, 7) is 4.61. The molecule has 1 aromatic heterocycles. The predicted octanol–water partition coefficient (Wildman–Crippen LogP) is 1.03. The third-order valence-corrected chi connectivity index (χ3v) is 4.23. The standard InChI is InChI=1S/C16H23N3O3/c1-18-6-4-14(5-7-18)22-15-3-2-13(12-17-15)16(20)19-8-10-21-11-9-19/h2-3,12,14H,4-11H2,1H3. The highest BCUT2D eigenvalue weighted by Gasteiger charge is 2.20. The van der Waals surface area contributed by atoms with Gasteiger partial charge in [-0.3, -0.25) is 4.79 Å². The van der Waals surface area contributed by atoms with Crippen LogP contribution in [0.5, 0.6) is 5.88 Å². The van der Waals surface area contributed by atoms with Crippen molar-refractivity contribution in [3.63, 3.8) is 0 Å². The van der Waals surface area contributed by atoms with Crippen LogP contribution in [0.4, 0.5) is 0 Å². The van der Waals surface area contributed by atoms with Gasteiger partial charge in [0, 0.05) is 38.4 Å². The Labute approximate surface area is 131 Å². The highest BCUT2D eigenvalue weighted by atomic mass is 16.5. The Bertz CT molecular complexity index is 492. The van der Waals surface area contributed by atoms with Crippen LogP contribution in [0, 0.1) is 0 Å². The second-order valence-electron chi connectivity index (χ2n) is 5.91. The van der Waals surface area contributed by atoms with E-state index < -0.39 is 0 Å². The zero-order valence-corrected chi connectivity index (χ0v) is 13.0. The van der Waals surface area contributed by atoms with Crippen LogP contribution in [0.15, 0.2) is 18.3 Å². The molecule has 2 aliphatic rings. The Hall–Kier alpha value is -1.66. The average Bonchev–Trinajstić information content (AvgIpc) is 2.58. The van der Waals surface area contributed by atoms with Gasteiger partial charge >= 0.3 is 0 Å². The number of likely N-dealkylation sites (tertiary alicyclic amines) is 1. The first-order valence-corrected chi connectivity index (χ1v) is 7.90. The maximum Gasteiger partial charge on any atom is 0.255 e. The lowest BCUT2D eigenvalue weighted by Crippen LogP contribution is -2.40. The van der Waals surface area contributed by atoms with Crippen LogP contribution in [-0.2, 0) is 4.74 Å². The molecule has 1 amide bonds. The van der Waals surface area contributed by atoms with E-state index in [-0.39, 0.29) is 12.0 Å². The number of amides is 1. The number of ether oxygens (including phenoxy) is 2. The van der Waals surface area contributed by atoms with Crippen molar-refractivity contribution in [3.8, 4) is 5.88 Å². The quantitative estimate of drug-likeness (QED) is 0.835. The van der Waals surface area contributed by atoms with Crippen LogP contribution in [0.25, 0.3) is 0 Å². The van der Waals surface area contributed by atoms with Gasteiger partial charge in [-0.05, 0) is 26.0 Å². The molecule has 6 nitrogen and oxygen atoms in total. The number of pyridine rings is 1. The van der Waals surface area contributed by atoms with Gasteiger partial charge in [0.15, 0.2) is 0 Å². The van der Waals surface area contributed by atoms with Crippen molar-refractivity contribution in [3.05, 3.63) is 23.9 Å². The van der Waals surface area contributed by atoms with Crippen molar-refractivity contribution in [1.82, 2.24) is 14.8 Å². The lowest BCUT2D eigenvalue weighted by atomic mass is 10.1. The average molecular weight is 305 g/mol. The minimum atomic E-state index is 0.0154. The number of hydrogen-bond acceptors (Lipinski definition) is 5. The number of nitrogens with zero attached hydrogens (tertiary/aromatic N) is 3. The molecule has 1 aromatic rings. The Morgan fingerprint density at radius 2 is 1.95 bits per heavy atom. The molecule has 0 bridgehead atoms. The van der Waals surface area contributed by atoms with Gasteiger partial charge in [0.2, 0.25) is 5.88 Å². The van der Waals surface area contributed by atoms with E-state index in [1.54, 1.807) is 23.2 Å². The molecule has 22 heavy (non-hydrogen) atoms. The van der Waals surface area contributed by atoms with Gasteiger partial charge in [0.1, 0.15) is 6.10 Å². The topological polar surface area (TPSA) is 54.9 Å². The van der Waals surface area contributed by atoms with Crippen molar-refractivity contribution >= 4 is 5.91 Å². The minimum absolute atomic E-state index is 0.0154. The number of piperidine rings is 1. The molecule has 120 valence electrons. The summed E-state index contributed by atoms with van der Waals surface area (Å²) >= 11 is 0. The normalized spacial score (nSPS) is 20.9.